The molecule has 8 nitrogen and oxygen atoms in total. The zero-order valence-electron chi connectivity index (χ0n) is 20.2. The molecule has 1 atom stereocenters. The molecule has 2 aromatic carbocycles. The number of anilines is 2. The molecule has 36 heavy (non-hydrogen) atoms. The van der Waals surface area contributed by atoms with Crippen molar-refractivity contribution in [3.63, 3.8) is 0 Å². The van der Waals surface area contributed by atoms with E-state index in [1.54, 1.807) is 25.4 Å². The standard InChI is InChI=1S/C26H28FN5O3S/c1-31(36(2,34)35)20-8-10-32(15-20)19-4-6-21(24(27)13-19)18-12-23(25(28)30-14-18)16-3-5-22-17(11-16)7-9-29-26(22)33/h3-6,11-14,20H,7-10,15H2,1-2H3,(H2,28,30)(H,29,33)/t20-/m0/s1. The van der Waals surface area contributed by atoms with Crippen LogP contribution in [-0.2, 0) is 16.4 Å². The van der Waals surface area contributed by atoms with Crippen molar-refractivity contribution in [1.82, 2.24) is 14.6 Å². The molecule has 0 spiro atoms. The van der Waals surface area contributed by atoms with Gasteiger partial charge in [-0.15, -0.1) is 0 Å². The maximum Gasteiger partial charge on any atom is 0.251 e. The molecule has 188 valence electrons. The number of nitrogens with two attached hydrogens (primary N) is 1. The van der Waals surface area contributed by atoms with Gasteiger partial charge in [-0.2, -0.15) is 0 Å². The first-order valence-corrected chi connectivity index (χ1v) is 13.6. The number of pyridine rings is 1. The maximum absolute atomic E-state index is 15.3. The highest BCUT2D eigenvalue weighted by molar-refractivity contribution is 7.88. The second kappa shape index (κ2) is 9.18. The van der Waals surface area contributed by atoms with Gasteiger partial charge in [0.25, 0.3) is 5.91 Å². The average Bonchev–Trinajstić information content (AvgIpc) is 3.33. The Morgan fingerprint density at radius 1 is 1.11 bits per heavy atom. The number of halogens is 1. The molecule has 1 aromatic heterocycles. The molecule has 3 aromatic rings. The van der Waals surface area contributed by atoms with Gasteiger partial charge in [0.05, 0.1) is 6.26 Å². The van der Waals surface area contributed by atoms with Gasteiger partial charge < -0.3 is 16.0 Å². The molecule has 3 N–H and O–H groups in total. The zero-order valence-corrected chi connectivity index (χ0v) is 21.0. The van der Waals surface area contributed by atoms with Crippen LogP contribution in [0.5, 0.6) is 0 Å². The number of benzene rings is 2. The molecule has 0 unspecified atom stereocenters. The van der Waals surface area contributed by atoms with E-state index in [1.165, 1.54) is 16.6 Å². The smallest absolute Gasteiger partial charge is 0.251 e. The highest BCUT2D eigenvalue weighted by atomic mass is 32.2. The van der Waals surface area contributed by atoms with Crippen LogP contribution >= 0.6 is 0 Å². The summed E-state index contributed by atoms with van der Waals surface area (Å²) in [6, 6.07) is 12.3. The lowest BCUT2D eigenvalue weighted by atomic mass is 9.94. The Balaban J connectivity index is 1.41. The third-order valence-electron chi connectivity index (χ3n) is 7.09. The first-order valence-electron chi connectivity index (χ1n) is 11.8. The highest BCUT2D eigenvalue weighted by Crippen LogP contribution is 2.34. The van der Waals surface area contributed by atoms with Crippen LogP contribution in [0.3, 0.4) is 0 Å². The van der Waals surface area contributed by atoms with Gasteiger partial charge in [-0.1, -0.05) is 12.1 Å². The molecule has 0 saturated carbocycles. The van der Waals surface area contributed by atoms with Crippen molar-refractivity contribution in [3.05, 3.63) is 65.6 Å². The van der Waals surface area contributed by atoms with Gasteiger partial charge in [-0.3, -0.25) is 4.79 Å². The van der Waals surface area contributed by atoms with Gasteiger partial charge in [-0.05, 0) is 54.3 Å². The molecule has 1 amide bonds. The number of rotatable bonds is 5. The van der Waals surface area contributed by atoms with Crippen LogP contribution < -0.4 is 16.0 Å². The lowest BCUT2D eigenvalue weighted by Gasteiger charge is -2.23. The van der Waals surface area contributed by atoms with E-state index in [-0.39, 0.29) is 11.9 Å². The van der Waals surface area contributed by atoms with Crippen LogP contribution in [0.15, 0.2) is 48.7 Å². The van der Waals surface area contributed by atoms with Crippen molar-refractivity contribution in [2.45, 2.75) is 18.9 Å². The van der Waals surface area contributed by atoms with Crippen molar-refractivity contribution in [2.75, 3.05) is 43.6 Å². The van der Waals surface area contributed by atoms with E-state index >= 15 is 4.39 Å². The summed E-state index contributed by atoms with van der Waals surface area (Å²) < 4.78 is 40.4. The Hall–Kier alpha value is -3.50. The molecule has 2 aliphatic rings. The summed E-state index contributed by atoms with van der Waals surface area (Å²) in [7, 11) is -1.71. The molecule has 1 fully saturated rings. The highest BCUT2D eigenvalue weighted by Gasteiger charge is 2.30. The number of carbonyl (C=O) groups is 1. The summed E-state index contributed by atoms with van der Waals surface area (Å²) in [5.74, 6) is -0.154. The first kappa shape index (κ1) is 24.2. The number of likely N-dealkylation sites (N-methyl/N-ethyl adjacent to an activating group) is 1. The number of carbonyl (C=O) groups excluding carboxylic acids is 1. The minimum absolute atomic E-state index is 0.0860. The first-order chi connectivity index (χ1) is 17.1. The molecule has 5 rings (SSSR count). The number of nitrogens with one attached hydrogen (secondary N) is 1. The van der Waals surface area contributed by atoms with E-state index in [2.05, 4.69) is 10.3 Å². The number of sulfonamides is 1. The Morgan fingerprint density at radius 2 is 1.89 bits per heavy atom. The third kappa shape index (κ3) is 4.54. The van der Waals surface area contributed by atoms with E-state index in [0.717, 1.165) is 17.5 Å². The van der Waals surface area contributed by atoms with Gasteiger partial charge in [0.2, 0.25) is 10.0 Å². The minimum atomic E-state index is -3.29. The average molecular weight is 510 g/mol. The van der Waals surface area contributed by atoms with Crippen LogP contribution in [0.4, 0.5) is 15.9 Å². The minimum Gasteiger partial charge on any atom is -0.383 e. The van der Waals surface area contributed by atoms with Crippen LogP contribution in [0.2, 0.25) is 0 Å². The second-order valence-electron chi connectivity index (χ2n) is 9.37. The SMILES string of the molecule is CN([C@H]1CCN(c2ccc(-c3cnc(N)c(-c4ccc5c(c4)CCNC5=O)c3)c(F)c2)C1)S(C)(=O)=O. The fourth-order valence-electron chi connectivity index (χ4n) is 4.93. The number of hydrogen-bond donors (Lipinski definition) is 2. The van der Waals surface area contributed by atoms with Gasteiger partial charge in [0.15, 0.2) is 0 Å². The van der Waals surface area contributed by atoms with Crippen molar-refractivity contribution >= 4 is 27.4 Å². The van der Waals surface area contributed by atoms with Gasteiger partial charge in [-0.25, -0.2) is 22.1 Å². The summed E-state index contributed by atoms with van der Waals surface area (Å²) in [6.45, 7) is 1.74. The number of aromatic nitrogens is 1. The fourth-order valence-corrected chi connectivity index (χ4v) is 5.64. The molecule has 3 heterocycles. The van der Waals surface area contributed by atoms with Crippen molar-refractivity contribution in [1.29, 1.82) is 0 Å². The van der Waals surface area contributed by atoms with E-state index in [1.807, 2.05) is 29.2 Å². The third-order valence-corrected chi connectivity index (χ3v) is 8.43. The lowest BCUT2D eigenvalue weighted by Crippen LogP contribution is -2.38. The van der Waals surface area contributed by atoms with Gasteiger partial charge in [0, 0.05) is 66.9 Å². The molecule has 0 radical (unpaired) electrons. The van der Waals surface area contributed by atoms with Gasteiger partial charge >= 0.3 is 0 Å². The normalized spacial score (nSPS) is 17.8. The van der Waals surface area contributed by atoms with E-state index in [4.69, 9.17) is 5.73 Å². The van der Waals surface area contributed by atoms with Crippen molar-refractivity contribution in [2.24, 2.45) is 0 Å². The predicted molar refractivity (Wildman–Crippen MR) is 139 cm³/mol. The number of fused-ring (bicyclic) bond motifs is 1. The summed E-state index contributed by atoms with van der Waals surface area (Å²) >= 11 is 0. The molecule has 0 bridgehead atoms. The maximum atomic E-state index is 15.3. The van der Waals surface area contributed by atoms with E-state index in [0.29, 0.717) is 59.8 Å². The summed E-state index contributed by atoms with van der Waals surface area (Å²) in [5, 5.41) is 2.83. The Morgan fingerprint density at radius 3 is 2.64 bits per heavy atom. The lowest BCUT2D eigenvalue weighted by molar-refractivity contribution is 0.0946. The zero-order chi connectivity index (χ0) is 25.6. The van der Waals surface area contributed by atoms with Crippen molar-refractivity contribution < 1.29 is 17.6 Å². The molecule has 10 heteroatoms. The summed E-state index contributed by atoms with van der Waals surface area (Å²) in [6.07, 6.45) is 4.16. The number of amides is 1. The Labute approximate surface area is 210 Å². The van der Waals surface area contributed by atoms with Crippen LogP contribution in [-0.4, -0.2) is 62.6 Å². The van der Waals surface area contributed by atoms with Crippen LogP contribution in [0.1, 0.15) is 22.3 Å². The molecule has 2 aliphatic heterocycles. The number of nitrogens with zero attached hydrogens (tertiary/aromatic N) is 3. The fraction of sp³-hybridized carbons (Fsp3) is 0.308. The quantitative estimate of drug-likeness (QED) is 0.548. The molecular formula is C26H28FN5O3S. The number of nitrogen functional groups attached to an aromatic ring is 1. The molecule has 1 saturated heterocycles. The second-order valence-corrected chi connectivity index (χ2v) is 11.4. The van der Waals surface area contributed by atoms with E-state index < -0.39 is 15.8 Å². The predicted octanol–water partition coefficient (Wildman–Crippen LogP) is 2.89. The topological polar surface area (TPSA) is 109 Å². The summed E-state index contributed by atoms with van der Waals surface area (Å²) in [4.78, 5) is 18.4. The summed E-state index contributed by atoms with van der Waals surface area (Å²) in [5.41, 5.74) is 11.0. The Bertz CT molecular complexity index is 1460. The van der Waals surface area contributed by atoms with E-state index in [9.17, 15) is 13.2 Å². The monoisotopic (exact) mass is 509 g/mol. The largest absolute Gasteiger partial charge is 0.383 e. The van der Waals surface area contributed by atoms with Crippen LogP contribution in [0.25, 0.3) is 22.3 Å². The van der Waals surface area contributed by atoms with Crippen LogP contribution in [0, 0.1) is 5.82 Å². The number of hydrogen-bond acceptors (Lipinski definition) is 6. The Kier molecular flexibility index (Phi) is 6.17. The van der Waals surface area contributed by atoms with Gasteiger partial charge in [0.1, 0.15) is 11.6 Å². The molecule has 0 aliphatic carbocycles. The van der Waals surface area contributed by atoms with Crippen molar-refractivity contribution in [3.8, 4) is 22.3 Å². The molecular weight excluding hydrogens is 481 g/mol.